The van der Waals surface area contributed by atoms with Crippen molar-refractivity contribution in [3.05, 3.63) is 35.4 Å². The van der Waals surface area contributed by atoms with Gasteiger partial charge in [-0.05, 0) is 31.5 Å². The molecule has 1 aromatic carbocycles. The minimum atomic E-state index is -0.900. The van der Waals surface area contributed by atoms with Crippen molar-refractivity contribution in [3.8, 4) is 6.07 Å². The predicted molar refractivity (Wildman–Crippen MR) is 64.4 cm³/mol. The van der Waals surface area contributed by atoms with Gasteiger partial charge in [-0.25, -0.2) is 0 Å². The lowest BCUT2D eigenvalue weighted by atomic mass is 10.0. The van der Waals surface area contributed by atoms with Crippen LogP contribution in [0.3, 0.4) is 0 Å². The monoisotopic (exact) mass is 232 g/mol. The van der Waals surface area contributed by atoms with Crippen molar-refractivity contribution in [1.82, 2.24) is 5.32 Å². The van der Waals surface area contributed by atoms with E-state index in [1.54, 1.807) is 25.1 Å². The van der Waals surface area contributed by atoms with Crippen LogP contribution in [0.5, 0.6) is 0 Å². The van der Waals surface area contributed by atoms with Gasteiger partial charge in [-0.3, -0.25) is 4.79 Å². The van der Waals surface area contributed by atoms with Crippen LogP contribution in [0.4, 0.5) is 0 Å². The lowest BCUT2D eigenvalue weighted by molar-refractivity contribution is 0.0518. The summed E-state index contributed by atoms with van der Waals surface area (Å²) < 4.78 is 0. The molecule has 1 atom stereocenters. The van der Waals surface area contributed by atoms with Gasteiger partial charge in [-0.2, -0.15) is 5.26 Å². The van der Waals surface area contributed by atoms with Gasteiger partial charge in [0.25, 0.3) is 5.91 Å². The Hall–Kier alpha value is -1.86. The van der Waals surface area contributed by atoms with E-state index in [0.717, 1.165) is 0 Å². The lowest BCUT2D eigenvalue weighted by Gasteiger charge is -2.21. The van der Waals surface area contributed by atoms with Gasteiger partial charge in [0.2, 0.25) is 0 Å². The second-order valence-corrected chi connectivity index (χ2v) is 4.23. The number of hydrogen-bond acceptors (Lipinski definition) is 3. The highest BCUT2D eigenvalue weighted by Gasteiger charge is 2.18. The van der Waals surface area contributed by atoms with E-state index in [0.29, 0.717) is 17.5 Å². The molecule has 0 bridgehead atoms. The number of amides is 1. The molecule has 1 aromatic rings. The van der Waals surface area contributed by atoms with Gasteiger partial charge < -0.3 is 10.4 Å². The number of rotatable bonds is 4. The largest absolute Gasteiger partial charge is 0.388 e. The molecule has 1 amide bonds. The molecule has 0 aliphatic rings. The molecule has 2 N–H and O–H groups in total. The summed E-state index contributed by atoms with van der Waals surface area (Å²) in [4.78, 5) is 11.7. The number of carbonyl (C=O) groups excluding carboxylic acids is 1. The van der Waals surface area contributed by atoms with E-state index in [1.165, 1.54) is 6.07 Å². The first-order valence-corrected chi connectivity index (χ1v) is 5.49. The summed E-state index contributed by atoms with van der Waals surface area (Å²) in [6, 6.07) is 8.43. The first kappa shape index (κ1) is 13.2. The van der Waals surface area contributed by atoms with E-state index in [2.05, 4.69) is 5.32 Å². The zero-order chi connectivity index (χ0) is 12.9. The third kappa shape index (κ3) is 3.89. The quantitative estimate of drug-likeness (QED) is 0.825. The highest BCUT2D eigenvalue weighted by molar-refractivity contribution is 5.94. The normalized spacial score (nSPS) is 13.5. The van der Waals surface area contributed by atoms with E-state index in [9.17, 15) is 9.90 Å². The maximum Gasteiger partial charge on any atom is 0.251 e. The Morgan fingerprint density at radius 3 is 2.88 bits per heavy atom. The summed E-state index contributed by atoms with van der Waals surface area (Å²) in [5, 5.41) is 21.1. The summed E-state index contributed by atoms with van der Waals surface area (Å²) in [6.45, 7) is 3.71. The third-order valence-electron chi connectivity index (χ3n) is 2.65. The van der Waals surface area contributed by atoms with Crippen molar-refractivity contribution in [1.29, 1.82) is 5.26 Å². The minimum Gasteiger partial charge on any atom is -0.388 e. The van der Waals surface area contributed by atoms with E-state index in [1.807, 2.05) is 13.0 Å². The summed E-state index contributed by atoms with van der Waals surface area (Å²) in [5.41, 5.74) is -0.0291. The number of carbonyl (C=O) groups is 1. The van der Waals surface area contributed by atoms with Crippen molar-refractivity contribution in [2.45, 2.75) is 25.9 Å². The second kappa shape index (κ2) is 5.46. The molecule has 0 aromatic heterocycles. The summed E-state index contributed by atoms with van der Waals surface area (Å²) in [7, 11) is 0. The maximum absolute atomic E-state index is 11.7. The Morgan fingerprint density at radius 2 is 2.29 bits per heavy atom. The van der Waals surface area contributed by atoms with Crippen molar-refractivity contribution in [2.75, 3.05) is 6.54 Å². The Balaban J connectivity index is 2.68. The van der Waals surface area contributed by atoms with Crippen molar-refractivity contribution >= 4 is 5.91 Å². The first-order chi connectivity index (χ1) is 7.98. The van der Waals surface area contributed by atoms with Gasteiger partial charge in [-0.15, -0.1) is 0 Å². The van der Waals surface area contributed by atoms with Crippen LogP contribution in [0, 0.1) is 11.3 Å². The Morgan fingerprint density at radius 1 is 1.59 bits per heavy atom. The van der Waals surface area contributed by atoms with Crippen LogP contribution in [-0.4, -0.2) is 23.2 Å². The van der Waals surface area contributed by atoms with Gasteiger partial charge >= 0.3 is 0 Å². The number of nitriles is 1. The lowest BCUT2D eigenvalue weighted by Crippen LogP contribution is -2.40. The molecule has 0 heterocycles. The number of benzene rings is 1. The first-order valence-electron chi connectivity index (χ1n) is 5.49. The fraction of sp³-hybridized carbons (Fsp3) is 0.385. The van der Waals surface area contributed by atoms with Gasteiger partial charge in [0, 0.05) is 12.1 Å². The average molecular weight is 232 g/mol. The molecule has 1 rings (SSSR count). The van der Waals surface area contributed by atoms with Crippen molar-refractivity contribution in [3.63, 3.8) is 0 Å². The SMILES string of the molecule is CCC(C)(O)CNC(=O)c1cccc(C#N)c1. The van der Waals surface area contributed by atoms with Crippen LogP contribution in [0.15, 0.2) is 24.3 Å². The van der Waals surface area contributed by atoms with Gasteiger partial charge in [-0.1, -0.05) is 13.0 Å². The molecule has 4 heteroatoms. The molecule has 0 fully saturated rings. The van der Waals surface area contributed by atoms with Crippen LogP contribution >= 0.6 is 0 Å². The number of hydrogen-bond donors (Lipinski definition) is 2. The standard InChI is InChI=1S/C13H16N2O2/c1-3-13(2,17)9-15-12(16)11-6-4-5-10(7-11)8-14/h4-7,17H,3,9H2,1-2H3,(H,15,16). The molecule has 0 aliphatic heterocycles. The number of nitrogens with zero attached hydrogens (tertiary/aromatic N) is 1. The smallest absolute Gasteiger partial charge is 0.251 e. The second-order valence-electron chi connectivity index (χ2n) is 4.23. The van der Waals surface area contributed by atoms with Crippen molar-refractivity contribution in [2.24, 2.45) is 0 Å². The fourth-order valence-electron chi connectivity index (χ4n) is 1.23. The third-order valence-corrected chi connectivity index (χ3v) is 2.65. The molecule has 1 unspecified atom stereocenters. The highest BCUT2D eigenvalue weighted by Crippen LogP contribution is 2.08. The maximum atomic E-state index is 11.7. The van der Waals surface area contributed by atoms with Gasteiger partial charge in [0.15, 0.2) is 0 Å². The molecule has 0 radical (unpaired) electrons. The molecule has 90 valence electrons. The Kier molecular flexibility index (Phi) is 4.24. The van der Waals surface area contributed by atoms with Crippen LogP contribution < -0.4 is 5.32 Å². The summed E-state index contributed by atoms with van der Waals surface area (Å²) >= 11 is 0. The van der Waals surface area contributed by atoms with Crippen LogP contribution in [0.1, 0.15) is 36.2 Å². The van der Waals surface area contributed by atoms with E-state index < -0.39 is 5.60 Å². The summed E-state index contributed by atoms with van der Waals surface area (Å²) in [6.07, 6.45) is 0.561. The molecular formula is C13H16N2O2. The van der Waals surface area contributed by atoms with Crippen LogP contribution in [0.2, 0.25) is 0 Å². The number of aliphatic hydroxyl groups is 1. The molecule has 17 heavy (non-hydrogen) atoms. The average Bonchev–Trinajstić information content (AvgIpc) is 2.36. The Bertz CT molecular complexity index is 447. The zero-order valence-corrected chi connectivity index (χ0v) is 10.0. The topological polar surface area (TPSA) is 73.1 Å². The fourth-order valence-corrected chi connectivity index (χ4v) is 1.23. The summed E-state index contributed by atoms with van der Waals surface area (Å²) in [5.74, 6) is -0.282. The van der Waals surface area contributed by atoms with Crippen molar-refractivity contribution < 1.29 is 9.90 Å². The molecular weight excluding hydrogens is 216 g/mol. The molecule has 0 saturated carbocycles. The molecule has 0 saturated heterocycles. The molecule has 4 nitrogen and oxygen atoms in total. The zero-order valence-electron chi connectivity index (χ0n) is 10.0. The Labute approximate surface area is 101 Å². The van der Waals surface area contributed by atoms with Gasteiger partial charge in [0.05, 0.1) is 17.2 Å². The molecule has 0 spiro atoms. The highest BCUT2D eigenvalue weighted by atomic mass is 16.3. The van der Waals surface area contributed by atoms with E-state index >= 15 is 0 Å². The van der Waals surface area contributed by atoms with Crippen LogP contribution in [0.25, 0.3) is 0 Å². The van der Waals surface area contributed by atoms with E-state index in [4.69, 9.17) is 5.26 Å². The molecule has 0 aliphatic carbocycles. The number of nitrogens with one attached hydrogen (secondary N) is 1. The van der Waals surface area contributed by atoms with Crippen LogP contribution in [-0.2, 0) is 0 Å². The van der Waals surface area contributed by atoms with E-state index in [-0.39, 0.29) is 12.5 Å². The van der Waals surface area contributed by atoms with Gasteiger partial charge in [0.1, 0.15) is 0 Å². The minimum absolute atomic E-state index is 0.194. The predicted octanol–water partition coefficient (Wildman–Crippen LogP) is 1.45.